The topological polar surface area (TPSA) is 86.4 Å². The summed E-state index contributed by atoms with van der Waals surface area (Å²) in [6.45, 7) is 1.55. The average Bonchev–Trinajstić information content (AvgIpc) is 3.57. The van der Waals surface area contributed by atoms with E-state index in [-0.39, 0.29) is 37.7 Å². The van der Waals surface area contributed by atoms with Crippen LogP contribution in [-0.4, -0.2) is 57.3 Å². The Hall–Kier alpha value is -3.17. The Morgan fingerprint density at radius 3 is 2.65 bits per heavy atom. The summed E-state index contributed by atoms with van der Waals surface area (Å²) >= 11 is 0. The van der Waals surface area contributed by atoms with E-state index in [9.17, 15) is 27.6 Å². The Labute approximate surface area is 196 Å². The second kappa shape index (κ2) is 9.99. The van der Waals surface area contributed by atoms with E-state index >= 15 is 0 Å². The summed E-state index contributed by atoms with van der Waals surface area (Å²) < 4.78 is 38.3. The van der Waals surface area contributed by atoms with Gasteiger partial charge in [0, 0.05) is 45.6 Å². The molecule has 3 heterocycles. The van der Waals surface area contributed by atoms with Gasteiger partial charge in [-0.2, -0.15) is 13.2 Å². The molecule has 184 valence electrons. The Balaban J connectivity index is 0.000000259. The van der Waals surface area contributed by atoms with Crippen LogP contribution >= 0.6 is 0 Å². The van der Waals surface area contributed by atoms with Crippen LogP contribution in [0.5, 0.6) is 0 Å². The molecule has 0 bridgehead atoms. The van der Waals surface area contributed by atoms with E-state index in [1.54, 1.807) is 11.1 Å². The van der Waals surface area contributed by atoms with Crippen molar-refractivity contribution in [2.24, 2.45) is 0 Å². The first-order valence-corrected chi connectivity index (χ1v) is 11.5. The van der Waals surface area contributed by atoms with Crippen molar-refractivity contribution in [1.82, 2.24) is 19.8 Å². The smallest absolute Gasteiger partial charge is 0.340 e. The molecule has 1 saturated carbocycles. The van der Waals surface area contributed by atoms with Crippen molar-refractivity contribution in [3.8, 4) is 0 Å². The number of halogens is 3. The molecule has 1 aliphatic carbocycles. The summed E-state index contributed by atoms with van der Waals surface area (Å²) in [5, 5.41) is 0. The van der Waals surface area contributed by atoms with Gasteiger partial charge in [0.05, 0.1) is 23.9 Å². The van der Waals surface area contributed by atoms with E-state index in [1.165, 1.54) is 31.2 Å². The predicted octanol–water partition coefficient (Wildman–Crippen LogP) is 3.36. The third kappa shape index (κ3) is 6.03. The van der Waals surface area contributed by atoms with Gasteiger partial charge in [-0.15, -0.1) is 0 Å². The van der Waals surface area contributed by atoms with Crippen molar-refractivity contribution in [1.29, 1.82) is 0 Å². The van der Waals surface area contributed by atoms with E-state index in [4.69, 9.17) is 0 Å². The molecule has 34 heavy (non-hydrogen) atoms. The fourth-order valence-electron chi connectivity index (χ4n) is 4.40. The summed E-state index contributed by atoms with van der Waals surface area (Å²) in [5.41, 5.74) is 0.499. The number of benzene rings is 1. The quantitative estimate of drug-likeness (QED) is 0.733. The van der Waals surface area contributed by atoms with Gasteiger partial charge in [-0.3, -0.25) is 19.4 Å². The standard InChI is InChI=1S/C17H19F3N2O2.C7H8N2O.H2/c18-17(19,20)13-4-1-3-12(9-13)10-16(24)21-8-6-15(23)22-7-2-5-14(22)11-21;10-7-4-8-6(3-9-7)5-1-2-5;/h1,3-4,9,14H,2,5-8,10-11H2;3-5H,1-2H2,(H,9,10);1H. The zero-order valence-corrected chi connectivity index (χ0v) is 18.7. The molecule has 2 saturated heterocycles. The molecule has 1 atom stereocenters. The second-order valence-corrected chi connectivity index (χ2v) is 8.96. The summed E-state index contributed by atoms with van der Waals surface area (Å²) in [6, 6.07) is 4.90. The number of hydrogen-bond donors (Lipinski definition) is 1. The number of carbonyl (C=O) groups is 2. The molecule has 1 N–H and O–H groups in total. The summed E-state index contributed by atoms with van der Waals surface area (Å²) in [4.78, 5) is 45.1. The third-order valence-electron chi connectivity index (χ3n) is 6.38. The molecule has 2 amide bonds. The van der Waals surface area contributed by atoms with Gasteiger partial charge in [0.1, 0.15) is 0 Å². The highest BCUT2D eigenvalue weighted by Crippen LogP contribution is 2.38. The number of nitrogens with one attached hydrogen (secondary N) is 1. The molecule has 10 heteroatoms. The van der Waals surface area contributed by atoms with Crippen LogP contribution in [0.25, 0.3) is 0 Å². The molecule has 0 radical (unpaired) electrons. The lowest BCUT2D eigenvalue weighted by Gasteiger charge is -2.26. The molecule has 0 spiro atoms. The normalized spacial score (nSPS) is 20.3. The van der Waals surface area contributed by atoms with Crippen LogP contribution in [0, 0.1) is 0 Å². The number of aromatic nitrogens is 2. The first kappa shape index (κ1) is 24.0. The van der Waals surface area contributed by atoms with Gasteiger partial charge < -0.3 is 14.8 Å². The zero-order valence-electron chi connectivity index (χ0n) is 18.7. The van der Waals surface area contributed by atoms with E-state index in [0.29, 0.717) is 24.6 Å². The summed E-state index contributed by atoms with van der Waals surface area (Å²) in [6.07, 6.45) is 3.09. The fourth-order valence-corrected chi connectivity index (χ4v) is 4.40. The molecular weight excluding hydrogens is 449 g/mol. The molecule has 3 aliphatic rings. The monoisotopic (exact) mass is 478 g/mol. The number of nitrogens with zero attached hydrogens (tertiary/aromatic N) is 3. The number of carbonyl (C=O) groups excluding carboxylic acids is 2. The number of rotatable bonds is 3. The van der Waals surface area contributed by atoms with Gasteiger partial charge in [-0.1, -0.05) is 18.2 Å². The number of fused-ring (bicyclic) bond motifs is 1. The van der Waals surface area contributed by atoms with E-state index in [1.807, 2.05) is 4.90 Å². The Morgan fingerprint density at radius 1 is 1.18 bits per heavy atom. The lowest BCUT2D eigenvalue weighted by Crippen LogP contribution is -2.41. The van der Waals surface area contributed by atoms with Crippen molar-refractivity contribution in [2.45, 2.75) is 56.7 Å². The molecule has 3 fully saturated rings. The zero-order chi connectivity index (χ0) is 24.3. The molecular formula is C24H29F3N4O3. The molecule has 2 aromatic rings. The van der Waals surface area contributed by atoms with Gasteiger partial charge in [0.15, 0.2) is 0 Å². The van der Waals surface area contributed by atoms with Gasteiger partial charge in [0.25, 0.3) is 5.56 Å². The maximum atomic E-state index is 12.8. The summed E-state index contributed by atoms with van der Waals surface area (Å²) in [7, 11) is 0. The highest BCUT2D eigenvalue weighted by molar-refractivity contribution is 5.82. The average molecular weight is 479 g/mol. The van der Waals surface area contributed by atoms with Gasteiger partial charge >= 0.3 is 6.18 Å². The van der Waals surface area contributed by atoms with E-state index in [2.05, 4.69) is 9.97 Å². The molecule has 2 aliphatic heterocycles. The maximum Gasteiger partial charge on any atom is 0.416 e. The van der Waals surface area contributed by atoms with Gasteiger partial charge in [-0.25, -0.2) is 0 Å². The number of hydrogen-bond acceptors (Lipinski definition) is 4. The van der Waals surface area contributed by atoms with Crippen LogP contribution in [-0.2, 0) is 22.2 Å². The highest BCUT2D eigenvalue weighted by Gasteiger charge is 2.35. The number of aromatic amines is 1. The minimum absolute atomic E-state index is 0. The number of amides is 2. The van der Waals surface area contributed by atoms with Crippen molar-refractivity contribution < 1.29 is 24.2 Å². The van der Waals surface area contributed by atoms with Crippen LogP contribution in [0.15, 0.2) is 41.5 Å². The van der Waals surface area contributed by atoms with Crippen LogP contribution < -0.4 is 5.56 Å². The second-order valence-electron chi connectivity index (χ2n) is 8.96. The van der Waals surface area contributed by atoms with E-state index in [0.717, 1.165) is 37.2 Å². The van der Waals surface area contributed by atoms with Crippen molar-refractivity contribution in [2.75, 3.05) is 19.6 Å². The number of alkyl halides is 3. The van der Waals surface area contributed by atoms with Crippen LogP contribution in [0.3, 0.4) is 0 Å². The first-order chi connectivity index (χ1) is 16.2. The summed E-state index contributed by atoms with van der Waals surface area (Å²) in [5.74, 6) is 0.458. The van der Waals surface area contributed by atoms with Crippen molar-refractivity contribution >= 4 is 11.8 Å². The number of H-pyrrole nitrogens is 1. The van der Waals surface area contributed by atoms with E-state index < -0.39 is 11.7 Å². The Kier molecular flexibility index (Phi) is 7.04. The highest BCUT2D eigenvalue weighted by atomic mass is 19.4. The van der Waals surface area contributed by atoms with Crippen LogP contribution in [0.2, 0.25) is 0 Å². The lowest BCUT2D eigenvalue weighted by molar-refractivity contribution is -0.138. The Morgan fingerprint density at radius 2 is 1.97 bits per heavy atom. The van der Waals surface area contributed by atoms with Crippen LogP contribution in [0.4, 0.5) is 13.2 Å². The Bertz CT molecular complexity index is 1080. The predicted molar refractivity (Wildman–Crippen MR) is 120 cm³/mol. The minimum atomic E-state index is -4.42. The first-order valence-electron chi connectivity index (χ1n) is 11.5. The molecule has 1 aromatic carbocycles. The SMILES string of the molecule is O=C(Cc1cccc(C(F)(F)F)c1)N1CCC(=O)N2CCCC2C1.O=c1cnc(C2CC2)c[nH]1.[HH]. The fraction of sp³-hybridized carbons (Fsp3) is 0.500. The largest absolute Gasteiger partial charge is 0.416 e. The maximum absolute atomic E-state index is 12.8. The molecule has 5 rings (SSSR count). The third-order valence-corrected chi connectivity index (χ3v) is 6.38. The van der Waals surface area contributed by atoms with Gasteiger partial charge in [-0.05, 0) is 37.3 Å². The lowest BCUT2D eigenvalue weighted by atomic mass is 10.1. The molecule has 7 nitrogen and oxygen atoms in total. The molecule has 1 unspecified atom stereocenters. The van der Waals surface area contributed by atoms with Crippen LogP contribution in [0.1, 0.15) is 56.3 Å². The van der Waals surface area contributed by atoms with Crippen molar-refractivity contribution in [3.05, 3.63) is 63.8 Å². The van der Waals surface area contributed by atoms with Crippen molar-refractivity contribution in [3.63, 3.8) is 0 Å². The minimum Gasteiger partial charge on any atom is -0.340 e. The van der Waals surface area contributed by atoms with Gasteiger partial charge in [0.2, 0.25) is 11.8 Å². The molecule has 1 aromatic heterocycles.